The van der Waals surface area contributed by atoms with Crippen molar-refractivity contribution >= 4 is 23.2 Å². The second-order valence-electron chi connectivity index (χ2n) is 8.00. The smallest absolute Gasteiger partial charge is 0.315 e. The minimum absolute atomic E-state index is 0.0950. The van der Waals surface area contributed by atoms with Crippen LogP contribution in [0.25, 0.3) is 0 Å². The second-order valence-corrected chi connectivity index (χ2v) is 8.00. The highest BCUT2D eigenvalue weighted by Crippen LogP contribution is 2.42. The molecule has 0 aliphatic carbocycles. The first-order valence-electron chi connectivity index (χ1n) is 10.3. The fraction of sp³-hybridized carbons (Fsp3) is 0.292. The molecule has 0 aromatic heterocycles. The van der Waals surface area contributed by atoms with Crippen molar-refractivity contribution in [3.05, 3.63) is 87.1 Å². The van der Waals surface area contributed by atoms with Crippen molar-refractivity contribution in [3.8, 4) is 0 Å². The van der Waals surface area contributed by atoms with Gasteiger partial charge in [0.05, 0.1) is 24.3 Å². The Morgan fingerprint density at radius 3 is 2.62 bits per heavy atom. The number of benzene rings is 2. The molecule has 2 atom stereocenters. The van der Waals surface area contributed by atoms with Crippen LogP contribution >= 0.6 is 0 Å². The van der Waals surface area contributed by atoms with E-state index in [2.05, 4.69) is 4.99 Å². The summed E-state index contributed by atoms with van der Waals surface area (Å²) in [5, 5.41) is 11.3. The number of esters is 1. The number of methoxy groups -OCH3 is 1. The Kier molecular flexibility index (Phi) is 5.96. The van der Waals surface area contributed by atoms with Crippen LogP contribution < -0.4 is 0 Å². The van der Waals surface area contributed by atoms with E-state index in [9.17, 15) is 19.7 Å². The Hall–Kier alpha value is -3.65. The predicted molar refractivity (Wildman–Crippen MR) is 118 cm³/mol. The molecule has 32 heavy (non-hydrogen) atoms. The van der Waals surface area contributed by atoms with Gasteiger partial charge in [0.2, 0.25) is 0 Å². The number of ether oxygens (including phenoxy) is 1. The first-order chi connectivity index (χ1) is 15.4. The Morgan fingerprint density at radius 1 is 1.19 bits per heavy atom. The summed E-state index contributed by atoms with van der Waals surface area (Å²) < 4.78 is 5.01. The molecule has 0 saturated heterocycles. The maximum Gasteiger partial charge on any atom is 0.315 e. The van der Waals surface area contributed by atoms with Gasteiger partial charge in [-0.3, -0.25) is 29.6 Å². The van der Waals surface area contributed by atoms with Crippen molar-refractivity contribution < 1.29 is 19.2 Å². The van der Waals surface area contributed by atoms with E-state index in [-0.39, 0.29) is 18.0 Å². The summed E-state index contributed by atoms with van der Waals surface area (Å²) in [5.74, 6) is -2.15. The number of carbonyl (C=O) groups is 2. The van der Waals surface area contributed by atoms with Crippen molar-refractivity contribution in [2.45, 2.75) is 19.4 Å². The highest BCUT2D eigenvalue weighted by Gasteiger charge is 2.44. The lowest BCUT2D eigenvalue weighted by Gasteiger charge is -2.37. The third-order valence-electron chi connectivity index (χ3n) is 5.90. The standard InChI is InChI=1S/C24H23N3O5/c1-15-21(24(29)32-2)22(17-9-6-10-18(11-17)27(30)31)23-19(25-15)13-26(14-20(23)28)12-16-7-4-3-5-8-16/h3-11,21-22H,12-14H2,1-2H3. The largest absolute Gasteiger partial charge is 0.468 e. The highest BCUT2D eigenvalue weighted by molar-refractivity contribution is 6.09. The third kappa shape index (κ3) is 4.09. The maximum atomic E-state index is 13.3. The fourth-order valence-electron chi connectivity index (χ4n) is 4.52. The summed E-state index contributed by atoms with van der Waals surface area (Å²) in [6, 6.07) is 15.9. The number of aliphatic imine (C=N–C) groups is 1. The zero-order valence-electron chi connectivity index (χ0n) is 17.9. The number of ketones is 1. The van der Waals surface area contributed by atoms with E-state index in [4.69, 9.17) is 4.74 Å². The van der Waals surface area contributed by atoms with E-state index >= 15 is 0 Å². The van der Waals surface area contributed by atoms with Gasteiger partial charge >= 0.3 is 5.97 Å². The molecule has 2 aliphatic heterocycles. The molecule has 2 aromatic carbocycles. The van der Waals surface area contributed by atoms with E-state index < -0.39 is 22.7 Å². The van der Waals surface area contributed by atoms with Gasteiger partial charge < -0.3 is 4.74 Å². The fourth-order valence-corrected chi connectivity index (χ4v) is 4.52. The quantitative estimate of drug-likeness (QED) is 0.407. The molecule has 2 unspecified atom stereocenters. The molecule has 0 radical (unpaired) electrons. The third-order valence-corrected chi connectivity index (χ3v) is 5.90. The molecule has 164 valence electrons. The molecule has 0 amide bonds. The average molecular weight is 433 g/mol. The Balaban J connectivity index is 1.76. The van der Waals surface area contributed by atoms with Crippen LogP contribution in [0.1, 0.15) is 24.0 Å². The van der Waals surface area contributed by atoms with Crippen LogP contribution in [0.15, 0.2) is 70.9 Å². The Bertz CT molecular complexity index is 1140. The number of non-ortho nitro benzene ring substituents is 1. The SMILES string of the molecule is COC(=O)C1C(C)=NC2=C(C(=O)CN(Cc3ccccc3)C2)C1c1cccc([N+](=O)[O-])c1. The van der Waals surface area contributed by atoms with Crippen LogP contribution in [0, 0.1) is 16.0 Å². The number of Topliss-reactive ketones (excluding diaryl/α,β-unsaturated/α-hetero) is 1. The monoisotopic (exact) mass is 433 g/mol. The summed E-state index contributed by atoms with van der Waals surface area (Å²) in [6.07, 6.45) is 0. The number of nitro benzene ring substituents is 1. The van der Waals surface area contributed by atoms with Crippen molar-refractivity contribution in [1.82, 2.24) is 4.90 Å². The Labute approximate surface area is 185 Å². The minimum Gasteiger partial charge on any atom is -0.468 e. The highest BCUT2D eigenvalue weighted by atomic mass is 16.6. The number of hydrogen-bond donors (Lipinski definition) is 0. The molecule has 0 fully saturated rings. The zero-order chi connectivity index (χ0) is 22.8. The van der Waals surface area contributed by atoms with Gasteiger partial charge in [-0.05, 0) is 18.1 Å². The van der Waals surface area contributed by atoms with Gasteiger partial charge in [0.1, 0.15) is 5.92 Å². The molecular weight excluding hydrogens is 410 g/mol. The predicted octanol–water partition coefficient (Wildman–Crippen LogP) is 3.28. The van der Waals surface area contributed by atoms with Gasteiger partial charge in [-0.2, -0.15) is 0 Å². The molecule has 0 saturated carbocycles. The zero-order valence-corrected chi connectivity index (χ0v) is 17.9. The van der Waals surface area contributed by atoms with E-state index in [1.807, 2.05) is 35.2 Å². The van der Waals surface area contributed by atoms with E-state index in [1.165, 1.54) is 19.2 Å². The van der Waals surface area contributed by atoms with Gasteiger partial charge in [0, 0.05) is 42.4 Å². The van der Waals surface area contributed by atoms with Crippen LogP contribution in [0.2, 0.25) is 0 Å². The lowest BCUT2D eigenvalue weighted by molar-refractivity contribution is -0.384. The number of hydrogen-bond acceptors (Lipinski definition) is 7. The number of nitrogens with zero attached hydrogens (tertiary/aromatic N) is 3. The molecular formula is C24H23N3O5. The molecule has 2 aliphatic rings. The van der Waals surface area contributed by atoms with Crippen molar-refractivity contribution in [2.24, 2.45) is 10.9 Å². The van der Waals surface area contributed by atoms with Gasteiger partial charge in [-0.15, -0.1) is 0 Å². The van der Waals surface area contributed by atoms with Crippen LogP contribution in [-0.2, 0) is 20.9 Å². The van der Waals surface area contributed by atoms with Crippen LogP contribution in [0.5, 0.6) is 0 Å². The molecule has 8 heteroatoms. The van der Waals surface area contributed by atoms with Crippen LogP contribution in [-0.4, -0.2) is 47.5 Å². The van der Waals surface area contributed by atoms with Gasteiger partial charge in [0.25, 0.3) is 5.69 Å². The average Bonchev–Trinajstić information content (AvgIpc) is 2.78. The summed E-state index contributed by atoms with van der Waals surface area (Å²) in [5.41, 5.74) is 3.09. The van der Waals surface area contributed by atoms with Gasteiger partial charge in [-0.1, -0.05) is 42.5 Å². The second kappa shape index (κ2) is 8.84. The first kappa shape index (κ1) is 21.6. The first-order valence-corrected chi connectivity index (χ1v) is 10.3. The summed E-state index contributed by atoms with van der Waals surface area (Å²) in [6.45, 7) is 2.96. The van der Waals surface area contributed by atoms with Gasteiger partial charge in [0.15, 0.2) is 5.78 Å². The molecule has 2 aromatic rings. The Morgan fingerprint density at radius 2 is 1.94 bits per heavy atom. The maximum absolute atomic E-state index is 13.3. The summed E-state index contributed by atoms with van der Waals surface area (Å²) in [4.78, 5) is 43.5. The molecule has 0 N–H and O–H groups in total. The molecule has 4 rings (SSSR count). The number of rotatable bonds is 5. The van der Waals surface area contributed by atoms with Crippen molar-refractivity contribution in [3.63, 3.8) is 0 Å². The van der Waals surface area contributed by atoms with Crippen LogP contribution in [0.4, 0.5) is 5.69 Å². The summed E-state index contributed by atoms with van der Waals surface area (Å²) in [7, 11) is 1.29. The van der Waals surface area contributed by atoms with E-state index in [1.54, 1.807) is 19.1 Å². The topological polar surface area (TPSA) is 102 Å². The minimum atomic E-state index is -0.814. The molecule has 2 heterocycles. The van der Waals surface area contributed by atoms with E-state index in [0.29, 0.717) is 35.6 Å². The number of carbonyl (C=O) groups excluding carboxylic acids is 2. The molecule has 0 bridgehead atoms. The molecule has 0 spiro atoms. The number of nitro groups is 1. The lowest BCUT2D eigenvalue weighted by Crippen LogP contribution is -2.44. The van der Waals surface area contributed by atoms with Crippen molar-refractivity contribution in [1.29, 1.82) is 0 Å². The van der Waals surface area contributed by atoms with Crippen LogP contribution in [0.3, 0.4) is 0 Å². The van der Waals surface area contributed by atoms with E-state index in [0.717, 1.165) is 5.56 Å². The molecule has 8 nitrogen and oxygen atoms in total. The van der Waals surface area contributed by atoms with Crippen molar-refractivity contribution in [2.75, 3.05) is 20.2 Å². The summed E-state index contributed by atoms with van der Waals surface area (Å²) >= 11 is 0. The van der Waals surface area contributed by atoms with Gasteiger partial charge in [-0.25, -0.2) is 0 Å². The lowest BCUT2D eigenvalue weighted by atomic mass is 9.73. The normalized spacial score (nSPS) is 21.1.